The number of ether oxygens (including phenoxy) is 3. The molecule has 0 aliphatic rings. The average molecular weight is 400 g/mol. The molecule has 0 aliphatic carbocycles. The molecule has 1 N–H and O–H groups in total. The highest BCUT2D eigenvalue weighted by molar-refractivity contribution is 7.80. The summed E-state index contributed by atoms with van der Waals surface area (Å²) >= 11 is 17.9. The number of nitrogens with one attached hydrogen (secondary N) is 1. The molecule has 0 radical (unpaired) electrons. The van der Waals surface area contributed by atoms with Crippen LogP contribution in [0, 0.1) is 0 Å². The molecule has 0 amide bonds. The minimum atomic E-state index is 0.201. The van der Waals surface area contributed by atoms with E-state index in [0.29, 0.717) is 45.2 Å². The highest BCUT2D eigenvalue weighted by Crippen LogP contribution is 2.33. The van der Waals surface area contributed by atoms with Gasteiger partial charge in [0, 0.05) is 29.3 Å². The zero-order valence-corrected chi connectivity index (χ0v) is 16.3. The van der Waals surface area contributed by atoms with Crippen molar-refractivity contribution < 1.29 is 14.2 Å². The van der Waals surface area contributed by atoms with Gasteiger partial charge in [0.05, 0.1) is 19.3 Å². The lowest BCUT2D eigenvalue weighted by Crippen LogP contribution is -2.26. The molecule has 0 aliphatic heterocycles. The van der Waals surface area contributed by atoms with E-state index in [1.54, 1.807) is 32.4 Å². The summed E-state index contributed by atoms with van der Waals surface area (Å²) in [7, 11) is 3.22. The van der Waals surface area contributed by atoms with Gasteiger partial charge in [-0.15, -0.1) is 0 Å². The topological polar surface area (TPSA) is 39.7 Å². The number of hydrogen-bond acceptors (Lipinski definition) is 4. The summed E-state index contributed by atoms with van der Waals surface area (Å²) in [5.41, 5.74) is 1.44. The predicted octanol–water partition coefficient (Wildman–Crippen LogP) is 4.49. The first-order valence-corrected chi connectivity index (χ1v) is 8.74. The van der Waals surface area contributed by atoms with Gasteiger partial charge in [-0.05, 0) is 24.3 Å². The Balaban J connectivity index is 2.24. The second kappa shape index (κ2) is 9.82. The Labute approximate surface area is 163 Å². The number of methoxy groups -OCH3 is 2. The van der Waals surface area contributed by atoms with E-state index in [2.05, 4.69) is 5.32 Å². The Kier molecular flexibility index (Phi) is 7.78. The minimum Gasteiger partial charge on any atom is -0.493 e. The third kappa shape index (κ3) is 5.22. The molecule has 7 heteroatoms. The van der Waals surface area contributed by atoms with Crippen molar-refractivity contribution in [2.45, 2.75) is 6.61 Å². The molecule has 2 aromatic carbocycles. The van der Waals surface area contributed by atoms with Crippen molar-refractivity contribution in [1.29, 1.82) is 0 Å². The second-order valence-electron chi connectivity index (χ2n) is 5.07. The number of rotatable bonds is 8. The molecule has 0 spiro atoms. The standard InChI is InChI=1S/C18H19Cl2NO3S/c1-22-10-9-21-18(25)12-5-3-8-16(23-2)17(12)24-11-13-14(19)6-4-7-15(13)20/h3-8H,9-11H2,1-2H3,(H,21,25). The maximum atomic E-state index is 6.21. The summed E-state index contributed by atoms with van der Waals surface area (Å²) in [5.74, 6) is 1.12. The van der Waals surface area contributed by atoms with Gasteiger partial charge < -0.3 is 19.5 Å². The van der Waals surface area contributed by atoms with E-state index < -0.39 is 0 Å². The van der Waals surface area contributed by atoms with Crippen molar-refractivity contribution in [1.82, 2.24) is 5.32 Å². The van der Waals surface area contributed by atoms with Gasteiger partial charge >= 0.3 is 0 Å². The van der Waals surface area contributed by atoms with Crippen LogP contribution in [0.3, 0.4) is 0 Å². The lowest BCUT2D eigenvalue weighted by atomic mass is 10.1. The minimum absolute atomic E-state index is 0.201. The van der Waals surface area contributed by atoms with Crippen LogP contribution in [0.4, 0.5) is 0 Å². The first-order chi connectivity index (χ1) is 12.1. The fourth-order valence-corrected chi connectivity index (χ4v) is 2.95. The Morgan fingerprint density at radius 3 is 2.40 bits per heavy atom. The average Bonchev–Trinajstić information content (AvgIpc) is 2.61. The summed E-state index contributed by atoms with van der Waals surface area (Å²) < 4.78 is 16.4. The van der Waals surface area contributed by atoms with Crippen molar-refractivity contribution in [3.63, 3.8) is 0 Å². The van der Waals surface area contributed by atoms with Crippen molar-refractivity contribution in [2.75, 3.05) is 27.4 Å². The number of hydrogen-bond donors (Lipinski definition) is 1. The quantitative estimate of drug-likeness (QED) is 0.522. The highest BCUT2D eigenvalue weighted by atomic mass is 35.5. The third-order valence-electron chi connectivity index (χ3n) is 3.46. The molecule has 0 bridgehead atoms. The van der Waals surface area contributed by atoms with Gasteiger partial charge in [0.1, 0.15) is 11.6 Å². The van der Waals surface area contributed by atoms with Crippen LogP contribution in [0.2, 0.25) is 10.0 Å². The second-order valence-corrected chi connectivity index (χ2v) is 6.30. The van der Waals surface area contributed by atoms with E-state index in [4.69, 9.17) is 49.6 Å². The molecule has 0 unspecified atom stereocenters. The zero-order chi connectivity index (χ0) is 18.2. The summed E-state index contributed by atoms with van der Waals surface area (Å²) in [6.45, 7) is 1.35. The van der Waals surface area contributed by atoms with Gasteiger partial charge in [-0.25, -0.2) is 0 Å². The molecular formula is C18H19Cl2NO3S. The van der Waals surface area contributed by atoms with Crippen molar-refractivity contribution in [3.8, 4) is 11.5 Å². The molecule has 0 fully saturated rings. The van der Waals surface area contributed by atoms with Crippen LogP contribution in [0.25, 0.3) is 0 Å². The maximum absolute atomic E-state index is 6.21. The maximum Gasteiger partial charge on any atom is 0.171 e. The lowest BCUT2D eigenvalue weighted by Gasteiger charge is -2.17. The fraction of sp³-hybridized carbons (Fsp3) is 0.278. The van der Waals surface area contributed by atoms with Crippen LogP contribution >= 0.6 is 35.4 Å². The summed E-state index contributed by atoms with van der Waals surface area (Å²) in [5, 5.41) is 4.22. The molecular weight excluding hydrogens is 381 g/mol. The fourth-order valence-electron chi connectivity index (χ4n) is 2.18. The molecule has 0 atom stereocenters. The first kappa shape index (κ1) is 19.8. The van der Waals surface area contributed by atoms with E-state index in [1.807, 2.05) is 18.2 Å². The van der Waals surface area contributed by atoms with E-state index in [-0.39, 0.29) is 6.61 Å². The van der Waals surface area contributed by atoms with Crippen molar-refractivity contribution in [2.24, 2.45) is 0 Å². The van der Waals surface area contributed by atoms with Crippen molar-refractivity contribution in [3.05, 3.63) is 57.6 Å². The monoisotopic (exact) mass is 399 g/mol. The number of halogens is 2. The van der Waals surface area contributed by atoms with Crippen LogP contribution in [0.1, 0.15) is 11.1 Å². The SMILES string of the molecule is COCCNC(=S)c1cccc(OC)c1OCc1c(Cl)cccc1Cl. The van der Waals surface area contributed by atoms with Crippen molar-refractivity contribution >= 4 is 40.4 Å². The molecule has 4 nitrogen and oxygen atoms in total. The van der Waals surface area contributed by atoms with Crippen LogP contribution < -0.4 is 14.8 Å². The van der Waals surface area contributed by atoms with Gasteiger partial charge in [0.2, 0.25) is 0 Å². The molecule has 0 heterocycles. The van der Waals surface area contributed by atoms with Crippen LogP contribution in [-0.2, 0) is 11.3 Å². The predicted molar refractivity (Wildman–Crippen MR) is 105 cm³/mol. The molecule has 0 saturated carbocycles. The summed E-state index contributed by atoms with van der Waals surface area (Å²) in [4.78, 5) is 0.552. The highest BCUT2D eigenvalue weighted by Gasteiger charge is 2.16. The van der Waals surface area contributed by atoms with E-state index in [9.17, 15) is 0 Å². The van der Waals surface area contributed by atoms with Crippen LogP contribution in [0.15, 0.2) is 36.4 Å². The Bertz CT molecular complexity index is 720. The number of para-hydroxylation sites is 1. The summed E-state index contributed by atoms with van der Waals surface area (Å²) in [6.07, 6.45) is 0. The molecule has 134 valence electrons. The van der Waals surface area contributed by atoms with Gasteiger partial charge in [-0.1, -0.05) is 47.6 Å². The Morgan fingerprint density at radius 1 is 1.08 bits per heavy atom. The largest absolute Gasteiger partial charge is 0.493 e. The molecule has 2 rings (SSSR count). The third-order valence-corrected chi connectivity index (χ3v) is 4.53. The van der Waals surface area contributed by atoms with Gasteiger partial charge in [0.25, 0.3) is 0 Å². The van der Waals surface area contributed by atoms with Crippen LogP contribution in [-0.4, -0.2) is 32.4 Å². The van der Waals surface area contributed by atoms with E-state index in [1.165, 1.54) is 0 Å². The lowest BCUT2D eigenvalue weighted by molar-refractivity contribution is 0.204. The molecule has 0 saturated heterocycles. The number of thiocarbonyl (C=S) groups is 1. The van der Waals surface area contributed by atoms with Gasteiger partial charge in [-0.3, -0.25) is 0 Å². The Hall–Kier alpha value is -1.53. The zero-order valence-electron chi connectivity index (χ0n) is 14.0. The van der Waals surface area contributed by atoms with E-state index >= 15 is 0 Å². The molecule has 25 heavy (non-hydrogen) atoms. The van der Waals surface area contributed by atoms with Crippen LogP contribution in [0.5, 0.6) is 11.5 Å². The first-order valence-electron chi connectivity index (χ1n) is 7.58. The molecule has 2 aromatic rings. The van der Waals surface area contributed by atoms with Gasteiger partial charge in [-0.2, -0.15) is 0 Å². The molecule has 0 aromatic heterocycles. The number of benzene rings is 2. The smallest absolute Gasteiger partial charge is 0.171 e. The normalized spacial score (nSPS) is 10.4. The van der Waals surface area contributed by atoms with E-state index in [0.717, 1.165) is 5.56 Å². The summed E-state index contributed by atoms with van der Waals surface area (Å²) in [6, 6.07) is 10.9. The van der Waals surface area contributed by atoms with Gasteiger partial charge in [0.15, 0.2) is 11.5 Å². The Morgan fingerprint density at radius 2 is 1.76 bits per heavy atom.